The van der Waals surface area contributed by atoms with Gasteiger partial charge in [0, 0.05) is 57.7 Å². The molecule has 71 heavy (non-hydrogen) atoms. The molecule has 0 aliphatic heterocycles. The van der Waals surface area contributed by atoms with Crippen LogP contribution in [0.15, 0.2) is 97.1 Å². The number of hydrogen-bond donors (Lipinski definition) is 7. The third kappa shape index (κ3) is 16.9. The lowest BCUT2D eigenvalue weighted by Crippen LogP contribution is -2.62. The fraction of sp³-hybridized carbons (Fsp3) is 0.415. The van der Waals surface area contributed by atoms with Gasteiger partial charge in [0.15, 0.2) is 17.3 Å². The second-order valence-electron chi connectivity index (χ2n) is 20.0. The second-order valence-corrected chi connectivity index (χ2v) is 20.0. The molecule has 5 amide bonds. The van der Waals surface area contributed by atoms with Gasteiger partial charge >= 0.3 is 5.97 Å². The van der Waals surface area contributed by atoms with Crippen molar-refractivity contribution in [2.75, 3.05) is 0 Å². The highest BCUT2D eigenvalue weighted by atomic mass is 16.4. The van der Waals surface area contributed by atoms with Crippen LogP contribution in [0.25, 0.3) is 10.8 Å². The van der Waals surface area contributed by atoms with Crippen molar-refractivity contribution < 1.29 is 48.3 Å². The van der Waals surface area contributed by atoms with Crippen molar-refractivity contribution in [3.05, 3.63) is 119 Å². The minimum absolute atomic E-state index is 0.0291. The van der Waals surface area contributed by atoms with E-state index in [-0.39, 0.29) is 30.8 Å². The lowest BCUT2D eigenvalue weighted by molar-refractivity contribution is -0.143. The molecule has 0 heterocycles. The average Bonchev–Trinajstić information content (AvgIpc) is 3.30. The summed E-state index contributed by atoms with van der Waals surface area (Å²) in [6.07, 6.45) is -0.676. The van der Waals surface area contributed by atoms with Crippen LogP contribution < -0.4 is 32.3 Å². The normalized spacial score (nSPS) is 13.4. The smallest absolute Gasteiger partial charge is 0.325 e. The van der Waals surface area contributed by atoms with Crippen molar-refractivity contribution in [2.24, 2.45) is 17.6 Å². The molecule has 0 saturated heterocycles. The summed E-state index contributed by atoms with van der Waals surface area (Å²) in [5, 5.41) is 24.4. The lowest BCUT2D eigenvalue weighted by atomic mass is 9.81. The van der Waals surface area contributed by atoms with Gasteiger partial charge in [0.25, 0.3) is 0 Å². The molecule has 0 spiro atoms. The van der Waals surface area contributed by atoms with E-state index in [1.807, 2.05) is 42.5 Å². The van der Waals surface area contributed by atoms with Crippen LogP contribution in [0.4, 0.5) is 0 Å². The maximum absolute atomic E-state index is 14.4. The summed E-state index contributed by atoms with van der Waals surface area (Å²) in [5.74, 6) is -7.93. The van der Waals surface area contributed by atoms with Crippen LogP contribution in [0.2, 0.25) is 0 Å². The first-order valence-corrected chi connectivity index (χ1v) is 23.2. The molecule has 4 unspecified atom stereocenters. The van der Waals surface area contributed by atoms with Crippen molar-refractivity contribution in [1.82, 2.24) is 26.6 Å². The zero-order valence-corrected chi connectivity index (χ0v) is 42.2. The number of Topliss-reactive ketones (excluding diaryl/α,β-unsaturated/α-hetero) is 2. The van der Waals surface area contributed by atoms with E-state index in [1.54, 1.807) is 61.5 Å². The van der Waals surface area contributed by atoms with Gasteiger partial charge in [0.05, 0.1) is 11.1 Å². The van der Waals surface area contributed by atoms with Crippen LogP contribution in [0.1, 0.15) is 109 Å². The molecule has 4 aromatic rings. The van der Waals surface area contributed by atoms with Crippen LogP contribution in [0, 0.1) is 11.8 Å². The predicted molar refractivity (Wildman–Crippen MR) is 273 cm³/mol. The Kier molecular flexibility index (Phi) is 20.3. The molecule has 18 heteroatoms. The summed E-state index contributed by atoms with van der Waals surface area (Å²) in [4.78, 5) is 121. The minimum Gasteiger partial charge on any atom is -0.480 e. The number of carbonyl (C=O) groups excluding carboxylic acids is 8. The molecule has 0 bridgehead atoms. The largest absolute Gasteiger partial charge is 0.480 e. The Hall–Kier alpha value is -6.94. The molecule has 0 aliphatic carbocycles. The monoisotopic (exact) mass is 969 g/mol. The van der Waals surface area contributed by atoms with Gasteiger partial charge in [-0.2, -0.15) is 0 Å². The number of carboxylic acid groups (broad SMARTS) is 1. The molecule has 0 aromatic heterocycles. The zero-order valence-electron chi connectivity index (χ0n) is 42.2. The molecule has 0 aliphatic rings. The van der Waals surface area contributed by atoms with Crippen molar-refractivity contribution in [1.29, 1.82) is 0 Å². The van der Waals surface area contributed by atoms with Gasteiger partial charge in [-0.3, -0.25) is 43.2 Å². The number of nitrogens with one attached hydrogen (secondary N) is 5. The van der Waals surface area contributed by atoms with Crippen molar-refractivity contribution in [3.63, 3.8) is 0 Å². The number of fused-ring (bicyclic) bond motifs is 1. The lowest BCUT2D eigenvalue weighted by Gasteiger charge is -2.32. The highest BCUT2D eigenvalue weighted by Crippen LogP contribution is 2.23. The van der Waals surface area contributed by atoms with Gasteiger partial charge in [-0.05, 0) is 90.6 Å². The summed E-state index contributed by atoms with van der Waals surface area (Å²) in [5.41, 5.74) is 2.04. The second kappa shape index (κ2) is 24.8. The molecule has 0 saturated carbocycles. The molecular formula is C53H66B2N6O10. The maximum Gasteiger partial charge on any atom is 0.325 e. The van der Waals surface area contributed by atoms with Crippen LogP contribution in [-0.2, 0) is 51.2 Å². The molecule has 374 valence electrons. The molecule has 4 aromatic carbocycles. The molecule has 4 atom stereocenters. The molecular weight excluding hydrogens is 902 g/mol. The van der Waals surface area contributed by atoms with Gasteiger partial charge in [-0.1, -0.05) is 104 Å². The number of hydrogen-bond acceptors (Lipinski definition) is 10. The van der Waals surface area contributed by atoms with Crippen molar-refractivity contribution >= 4 is 79.1 Å². The number of carbonyl (C=O) groups is 9. The summed E-state index contributed by atoms with van der Waals surface area (Å²) in [7, 11) is 8.00. The van der Waals surface area contributed by atoms with Crippen LogP contribution in [0.5, 0.6) is 0 Å². The molecule has 0 fully saturated rings. The standard InChI is InChI=1S/C53H66N6O10.B2/c1-31(26-41(60)50(3,4)54)44(63)57-53(9,10)49(69)56-40(29-34-22-23-35-16-14-15-19-38(35)28-34)46(65)59-51(5,6)42(61)30-39(45(64)58-52(7,8)48(68)55-32(2)47(66)67)27-33-20-24-37(25-21-33)43(62)36-17-12-11-13-18-36;1-2/h11-25,28,31-32,39-40H,26-27,29-30,54H2,1-10H3,(H,55,68)(H,56,69)(H,57,63)(H,58,64)(H,59,65)(H,66,67);. The highest BCUT2D eigenvalue weighted by molar-refractivity contribution is 6.75. The van der Waals surface area contributed by atoms with Crippen LogP contribution >= 0.6 is 0 Å². The Balaban J connectivity index is 0.00000657. The van der Waals surface area contributed by atoms with E-state index in [4.69, 9.17) is 5.73 Å². The summed E-state index contributed by atoms with van der Waals surface area (Å²) in [6.45, 7) is 14.5. The Morgan fingerprint density at radius 2 is 1.04 bits per heavy atom. The average molecular weight is 969 g/mol. The Morgan fingerprint density at radius 3 is 1.61 bits per heavy atom. The number of aliphatic carboxylic acids is 1. The maximum atomic E-state index is 14.4. The Morgan fingerprint density at radius 1 is 0.549 bits per heavy atom. The number of nitrogens with two attached hydrogens (primary N) is 1. The fourth-order valence-electron chi connectivity index (χ4n) is 7.21. The Bertz CT molecular complexity index is 2590. The third-order valence-electron chi connectivity index (χ3n) is 11.9. The van der Waals surface area contributed by atoms with Crippen LogP contribution in [-0.4, -0.2) is 108 Å². The Labute approximate surface area is 418 Å². The van der Waals surface area contributed by atoms with E-state index in [2.05, 4.69) is 42.1 Å². The van der Waals surface area contributed by atoms with Crippen LogP contribution in [0.3, 0.4) is 0 Å². The first-order valence-electron chi connectivity index (χ1n) is 23.2. The van der Waals surface area contributed by atoms with Crippen molar-refractivity contribution in [3.8, 4) is 0 Å². The first-order chi connectivity index (χ1) is 33.0. The van der Waals surface area contributed by atoms with E-state index in [0.29, 0.717) is 22.3 Å². The topological polar surface area (TPSA) is 260 Å². The number of amides is 5. The minimum atomic E-state index is -1.65. The fourth-order valence-corrected chi connectivity index (χ4v) is 7.21. The van der Waals surface area contributed by atoms with E-state index in [0.717, 1.165) is 10.8 Å². The van der Waals surface area contributed by atoms with E-state index >= 15 is 0 Å². The van der Waals surface area contributed by atoms with Gasteiger partial charge in [-0.25, -0.2) is 0 Å². The van der Waals surface area contributed by atoms with Gasteiger partial charge in [-0.15, -0.1) is 0 Å². The summed E-state index contributed by atoms with van der Waals surface area (Å²) < 4.78 is 0. The third-order valence-corrected chi connectivity index (χ3v) is 11.9. The van der Waals surface area contributed by atoms with Gasteiger partial charge in [0.2, 0.25) is 29.5 Å². The number of carboxylic acids is 1. The van der Waals surface area contributed by atoms with Gasteiger partial charge < -0.3 is 37.4 Å². The highest BCUT2D eigenvalue weighted by Gasteiger charge is 2.40. The molecule has 8 N–H and O–H groups in total. The predicted octanol–water partition coefficient (Wildman–Crippen LogP) is 3.76. The first kappa shape index (κ1) is 58.4. The summed E-state index contributed by atoms with van der Waals surface area (Å²) in [6, 6.07) is 25.8. The number of benzene rings is 4. The quantitative estimate of drug-likeness (QED) is 0.0416. The molecule has 4 radical (unpaired) electrons. The van der Waals surface area contributed by atoms with E-state index in [1.165, 1.54) is 62.3 Å². The van der Waals surface area contributed by atoms with Gasteiger partial charge in [0.1, 0.15) is 23.2 Å². The summed E-state index contributed by atoms with van der Waals surface area (Å²) >= 11 is 0. The number of rotatable bonds is 23. The van der Waals surface area contributed by atoms with E-state index in [9.17, 15) is 48.3 Å². The van der Waals surface area contributed by atoms with Crippen molar-refractivity contribution in [2.45, 2.75) is 129 Å². The zero-order chi connectivity index (χ0) is 53.6. The number of ketones is 3. The van der Waals surface area contributed by atoms with E-state index < -0.39 is 93.8 Å². The SMILES string of the molecule is CC(CC(=O)C(C)(C)N)C(=O)NC(C)(C)C(=O)NC(Cc1ccc2ccccc2c1)C(=O)NC(C)(C)C(=O)CC(Cc1ccc(C(=O)c2ccccc2)cc1)C(=O)NC(C)(C)C(=O)NC(C)C(=O)O.[B][B]. The molecule has 16 nitrogen and oxygen atoms in total. The molecule has 4 rings (SSSR count).